The van der Waals surface area contributed by atoms with Gasteiger partial charge in [-0.15, -0.1) is 0 Å². The molecule has 53 heavy (non-hydrogen) atoms. The van der Waals surface area contributed by atoms with E-state index in [1.54, 1.807) is 0 Å². The van der Waals surface area contributed by atoms with E-state index in [0.29, 0.717) is 6.42 Å². The van der Waals surface area contributed by atoms with Crippen molar-refractivity contribution in [3.63, 3.8) is 0 Å². The molecule has 0 bridgehead atoms. The van der Waals surface area contributed by atoms with Gasteiger partial charge >= 0.3 is 19.8 Å². The minimum absolute atomic E-state index is 0.0446. The molecule has 0 radical (unpaired) electrons. The van der Waals surface area contributed by atoms with Gasteiger partial charge in [0.25, 0.3) is 0 Å². The molecule has 0 aromatic carbocycles. The van der Waals surface area contributed by atoms with Crippen LogP contribution in [0, 0.1) is 0 Å². The van der Waals surface area contributed by atoms with E-state index in [1.165, 1.54) is 122 Å². The number of allylic oxidation sites excluding steroid dienone is 6. The minimum Gasteiger partial charge on any atom is -0.462 e. The van der Waals surface area contributed by atoms with Crippen LogP contribution in [0.3, 0.4) is 0 Å². The highest BCUT2D eigenvalue weighted by Gasteiger charge is 2.25. The highest BCUT2D eigenvalue weighted by atomic mass is 31.2. The van der Waals surface area contributed by atoms with Crippen molar-refractivity contribution in [1.29, 1.82) is 0 Å². The van der Waals surface area contributed by atoms with Gasteiger partial charge in [-0.2, -0.15) is 0 Å². The fourth-order valence-corrected chi connectivity index (χ4v) is 6.61. The van der Waals surface area contributed by atoms with Crippen LogP contribution in [-0.2, 0) is 32.7 Å². The lowest BCUT2D eigenvalue weighted by molar-refractivity contribution is -0.161. The molecular weight excluding hydrogens is 689 g/mol. The zero-order chi connectivity index (χ0) is 38.9. The Labute approximate surface area is 324 Å². The van der Waals surface area contributed by atoms with Crippen LogP contribution in [0.1, 0.15) is 194 Å². The number of phosphoric acid groups is 1. The van der Waals surface area contributed by atoms with Crippen LogP contribution < -0.4 is 5.73 Å². The van der Waals surface area contributed by atoms with Crippen LogP contribution in [0.15, 0.2) is 36.5 Å². The summed E-state index contributed by atoms with van der Waals surface area (Å²) in [6, 6.07) is 0. The van der Waals surface area contributed by atoms with Crippen LogP contribution in [-0.4, -0.2) is 49.3 Å². The van der Waals surface area contributed by atoms with Gasteiger partial charge in [0.15, 0.2) is 6.10 Å². The van der Waals surface area contributed by atoms with E-state index in [1.807, 2.05) is 12.2 Å². The summed E-state index contributed by atoms with van der Waals surface area (Å²) in [5.74, 6) is -0.911. The molecule has 0 aromatic rings. The molecule has 2 atom stereocenters. The van der Waals surface area contributed by atoms with Gasteiger partial charge in [-0.1, -0.05) is 179 Å². The van der Waals surface area contributed by atoms with Crippen LogP contribution in [0.4, 0.5) is 0 Å². The number of ether oxygens (including phenoxy) is 2. The molecule has 0 saturated carbocycles. The first-order chi connectivity index (χ1) is 25.8. The molecule has 0 aliphatic carbocycles. The van der Waals surface area contributed by atoms with E-state index in [0.717, 1.165) is 38.5 Å². The van der Waals surface area contributed by atoms with Crippen molar-refractivity contribution in [2.75, 3.05) is 26.4 Å². The summed E-state index contributed by atoms with van der Waals surface area (Å²) < 4.78 is 32.7. The minimum atomic E-state index is -4.39. The molecular formula is C43H80NO8P. The quantitative estimate of drug-likeness (QED) is 0.0270. The van der Waals surface area contributed by atoms with E-state index in [-0.39, 0.29) is 32.6 Å². The first-order valence-electron chi connectivity index (χ1n) is 21.5. The number of rotatable bonds is 40. The third-order valence-electron chi connectivity index (χ3n) is 9.04. The Balaban J connectivity index is 4.25. The molecule has 2 unspecified atom stereocenters. The Bertz CT molecular complexity index is 970. The summed E-state index contributed by atoms with van der Waals surface area (Å²) in [6.07, 6.45) is 43.3. The highest BCUT2D eigenvalue weighted by Crippen LogP contribution is 2.43. The van der Waals surface area contributed by atoms with Crippen molar-refractivity contribution in [2.45, 2.75) is 200 Å². The molecule has 0 heterocycles. The standard InChI is InChI=1S/C43H80NO8P/c1-3-5-7-9-11-13-15-17-19-20-22-24-26-28-30-32-34-36-43(46)52-41(40-51-53(47,48)50-38-37-44)39-49-42(45)35-33-31-29-27-25-23-21-18-16-14-12-10-8-6-4-2/h19-20,24,26,30,32,41H,3-18,21-23,25,27-29,31,33-40,44H2,1-2H3,(H,47,48)/b20-19-,26-24-,32-30-. The van der Waals surface area contributed by atoms with Gasteiger partial charge in [0, 0.05) is 19.4 Å². The molecule has 0 spiro atoms. The third-order valence-corrected chi connectivity index (χ3v) is 10.0. The number of hydrogen-bond acceptors (Lipinski definition) is 8. The maximum atomic E-state index is 12.5. The summed E-state index contributed by atoms with van der Waals surface area (Å²) in [4.78, 5) is 34.8. The number of esters is 2. The predicted octanol–water partition coefficient (Wildman–Crippen LogP) is 12.2. The molecule has 0 saturated heterocycles. The Morgan fingerprint density at radius 3 is 1.53 bits per heavy atom. The van der Waals surface area contributed by atoms with Crippen molar-refractivity contribution in [2.24, 2.45) is 5.73 Å². The molecule has 0 aromatic heterocycles. The topological polar surface area (TPSA) is 134 Å². The van der Waals surface area contributed by atoms with Gasteiger partial charge in [0.1, 0.15) is 6.61 Å². The normalized spacial score (nSPS) is 13.7. The zero-order valence-electron chi connectivity index (χ0n) is 34.0. The molecule has 3 N–H and O–H groups in total. The summed E-state index contributed by atoms with van der Waals surface area (Å²) in [6.45, 7) is 3.66. The maximum Gasteiger partial charge on any atom is 0.472 e. The maximum absolute atomic E-state index is 12.5. The fourth-order valence-electron chi connectivity index (χ4n) is 5.84. The number of unbranched alkanes of at least 4 members (excludes halogenated alkanes) is 21. The van der Waals surface area contributed by atoms with Gasteiger partial charge in [-0.3, -0.25) is 18.6 Å². The number of phosphoric ester groups is 1. The number of nitrogens with two attached hydrogens (primary N) is 1. The van der Waals surface area contributed by atoms with Crippen LogP contribution in [0.25, 0.3) is 0 Å². The van der Waals surface area contributed by atoms with Gasteiger partial charge in [0.2, 0.25) is 0 Å². The monoisotopic (exact) mass is 770 g/mol. The van der Waals surface area contributed by atoms with E-state index in [2.05, 4.69) is 38.2 Å². The Morgan fingerprint density at radius 1 is 0.566 bits per heavy atom. The lowest BCUT2D eigenvalue weighted by atomic mass is 10.0. The molecule has 310 valence electrons. The molecule has 0 amide bonds. The predicted molar refractivity (Wildman–Crippen MR) is 220 cm³/mol. The highest BCUT2D eigenvalue weighted by molar-refractivity contribution is 7.47. The van der Waals surface area contributed by atoms with Gasteiger partial charge in [0.05, 0.1) is 13.2 Å². The summed E-state index contributed by atoms with van der Waals surface area (Å²) >= 11 is 0. The van der Waals surface area contributed by atoms with Gasteiger partial charge in [-0.25, -0.2) is 4.57 Å². The number of carbonyl (C=O) groups excluding carboxylic acids is 2. The van der Waals surface area contributed by atoms with Crippen molar-refractivity contribution < 1.29 is 37.6 Å². The van der Waals surface area contributed by atoms with Gasteiger partial charge < -0.3 is 20.1 Å². The second-order valence-corrected chi connectivity index (χ2v) is 15.7. The zero-order valence-corrected chi connectivity index (χ0v) is 34.9. The average Bonchev–Trinajstić information content (AvgIpc) is 3.14. The largest absolute Gasteiger partial charge is 0.472 e. The second-order valence-electron chi connectivity index (χ2n) is 14.2. The van der Waals surface area contributed by atoms with Gasteiger partial charge in [-0.05, 0) is 38.5 Å². The number of carbonyl (C=O) groups is 2. The van der Waals surface area contributed by atoms with E-state index in [9.17, 15) is 19.0 Å². The molecule has 0 aliphatic heterocycles. The second kappa shape index (κ2) is 39.9. The summed E-state index contributed by atoms with van der Waals surface area (Å²) in [5.41, 5.74) is 5.34. The van der Waals surface area contributed by atoms with Crippen LogP contribution >= 0.6 is 7.82 Å². The lowest BCUT2D eigenvalue weighted by Gasteiger charge is -2.19. The molecule has 9 nitrogen and oxygen atoms in total. The Morgan fingerprint density at radius 2 is 1.02 bits per heavy atom. The van der Waals surface area contributed by atoms with Crippen molar-refractivity contribution in [3.05, 3.63) is 36.5 Å². The third kappa shape index (κ3) is 39.7. The lowest BCUT2D eigenvalue weighted by Crippen LogP contribution is -2.29. The average molecular weight is 770 g/mol. The van der Waals surface area contributed by atoms with E-state index < -0.39 is 32.5 Å². The first kappa shape index (κ1) is 51.2. The molecule has 0 aliphatic rings. The van der Waals surface area contributed by atoms with Crippen LogP contribution in [0.2, 0.25) is 0 Å². The SMILES string of the molecule is CCCCCCCCC/C=C\C/C=C\C/C=C\CCC(=O)OC(COC(=O)CCCCCCCCCCCCCCCCC)COP(=O)(O)OCCN. The summed E-state index contributed by atoms with van der Waals surface area (Å²) in [5, 5.41) is 0. The first-order valence-corrected chi connectivity index (χ1v) is 23.0. The molecule has 0 rings (SSSR count). The smallest absolute Gasteiger partial charge is 0.462 e. The van der Waals surface area contributed by atoms with Crippen molar-refractivity contribution >= 4 is 19.8 Å². The Kier molecular flexibility index (Phi) is 38.6. The molecule has 0 fully saturated rings. The van der Waals surface area contributed by atoms with Crippen molar-refractivity contribution in [1.82, 2.24) is 0 Å². The van der Waals surface area contributed by atoms with Crippen molar-refractivity contribution in [3.8, 4) is 0 Å². The van der Waals surface area contributed by atoms with Crippen LogP contribution in [0.5, 0.6) is 0 Å². The Hall–Kier alpha value is -1.77. The van der Waals surface area contributed by atoms with E-state index >= 15 is 0 Å². The summed E-state index contributed by atoms with van der Waals surface area (Å²) in [7, 11) is -4.39. The number of hydrogen-bond donors (Lipinski definition) is 2. The fraction of sp³-hybridized carbons (Fsp3) is 0.814. The van der Waals surface area contributed by atoms with E-state index in [4.69, 9.17) is 24.3 Å². The molecule has 10 heteroatoms.